The van der Waals surface area contributed by atoms with Gasteiger partial charge in [0.25, 0.3) is 0 Å². The summed E-state index contributed by atoms with van der Waals surface area (Å²) in [6.45, 7) is 7.50. The quantitative estimate of drug-likeness (QED) is 0.828. The molecule has 0 aliphatic rings. The fraction of sp³-hybridized carbons (Fsp3) is 0.357. The fourth-order valence-corrected chi connectivity index (χ4v) is 2.02. The summed E-state index contributed by atoms with van der Waals surface area (Å²) in [4.78, 5) is 4.27. The van der Waals surface area contributed by atoms with Gasteiger partial charge in [-0.2, -0.15) is 10.4 Å². The van der Waals surface area contributed by atoms with E-state index in [1.807, 2.05) is 27.8 Å². The summed E-state index contributed by atoms with van der Waals surface area (Å²) in [5, 5.41) is 13.5. The molecule has 0 bridgehead atoms. The molecule has 2 rings (SSSR count). The van der Waals surface area contributed by atoms with E-state index in [-0.39, 0.29) is 0 Å². The standard InChI is InChI=1S/C14H16N4O/c1-8-6-13(12(7-15)9(2)16-8)19-14-10(3)17-18(5)11(14)4/h6H,1-5H3. The zero-order valence-corrected chi connectivity index (χ0v) is 11.8. The Kier molecular flexibility index (Phi) is 3.26. The second-order valence-electron chi connectivity index (χ2n) is 4.56. The Labute approximate surface area is 112 Å². The molecule has 0 saturated heterocycles. The fourth-order valence-electron chi connectivity index (χ4n) is 2.02. The van der Waals surface area contributed by atoms with Crippen molar-refractivity contribution in [1.29, 1.82) is 5.26 Å². The molecule has 0 saturated carbocycles. The third-order valence-electron chi connectivity index (χ3n) is 3.06. The van der Waals surface area contributed by atoms with E-state index < -0.39 is 0 Å². The van der Waals surface area contributed by atoms with Gasteiger partial charge in [0.1, 0.15) is 23.1 Å². The molecule has 0 fully saturated rings. The number of pyridine rings is 1. The van der Waals surface area contributed by atoms with Crippen LogP contribution in [0.25, 0.3) is 0 Å². The first-order chi connectivity index (χ1) is 8.93. The van der Waals surface area contributed by atoms with Crippen molar-refractivity contribution in [2.75, 3.05) is 0 Å². The van der Waals surface area contributed by atoms with E-state index >= 15 is 0 Å². The van der Waals surface area contributed by atoms with Crippen LogP contribution < -0.4 is 4.74 Å². The van der Waals surface area contributed by atoms with E-state index in [1.54, 1.807) is 17.7 Å². The van der Waals surface area contributed by atoms with Gasteiger partial charge in [-0.1, -0.05) is 0 Å². The van der Waals surface area contributed by atoms with Crippen molar-refractivity contribution in [2.45, 2.75) is 27.7 Å². The van der Waals surface area contributed by atoms with E-state index in [2.05, 4.69) is 16.2 Å². The Hall–Kier alpha value is -2.35. The molecule has 5 heteroatoms. The lowest BCUT2D eigenvalue weighted by Gasteiger charge is -2.10. The molecule has 0 aromatic carbocycles. The van der Waals surface area contributed by atoms with E-state index in [0.29, 0.717) is 22.8 Å². The summed E-state index contributed by atoms with van der Waals surface area (Å²) in [6.07, 6.45) is 0. The van der Waals surface area contributed by atoms with Crippen LogP contribution in [-0.2, 0) is 7.05 Å². The van der Waals surface area contributed by atoms with Gasteiger partial charge in [0.05, 0.1) is 11.4 Å². The molecule has 0 radical (unpaired) electrons. The molecule has 0 aliphatic carbocycles. The van der Waals surface area contributed by atoms with Crippen LogP contribution >= 0.6 is 0 Å². The molecule has 5 nitrogen and oxygen atoms in total. The molecule has 0 unspecified atom stereocenters. The van der Waals surface area contributed by atoms with Gasteiger partial charge in [-0.3, -0.25) is 9.67 Å². The number of nitriles is 1. The number of aromatic nitrogens is 3. The van der Waals surface area contributed by atoms with Gasteiger partial charge in [-0.25, -0.2) is 0 Å². The van der Waals surface area contributed by atoms with Crippen molar-refractivity contribution in [1.82, 2.24) is 14.8 Å². The topological polar surface area (TPSA) is 63.7 Å². The average Bonchev–Trinajstić information content (AvgIpc) is 2.55. The molecule has 0 aliphatic heterocycles. The van der Waals surface area contributed by atoms with Gasteiger partial charge >= 0.3 is 0 Å². The summed E-state index contributed by atoms with van der Waals surface area (Å²) in [5.74, 6) is 1.23. The van der Waals surface area contributed by atoms with Crippen molar-refractivity contribution in [2.24, 2.45) is 7.05 Å². The Morgan fingerprint density at radius 2 is 1.89 bits per heavy atom. The zero-order valence-electron chi connectivity index (χ0n) is 11.8. The molecular formula is C14H16N4O. The second-order valence-corrected chi connectivity index (χ2v) is 4.56. The second kappa shape index (κ2) is 4.73. The monoisotopic (exact) mass is 256 g/mol. The van der Waals surface area contributed by atoms with E-state index in [1.165, 1.54) is 0 Å². The van der Waals surface area contributed by atoms with Crippen LogP contribution in [-0.4, -0.2) is 14.8 Å². The third kappa shape index (κ3) is 2.29. The number of hydrogen-bond acceptors (Lipinski definition) is 4. The maximum absolute atomic E-state index is 9.22. The van der Waals surface area contributed by atoms with E-state index in [9.17, 15) is 5.26 Å². The van der Waals surface area contributed by atoms with Crippen molar-refractivity contribution in [3.63, 3.8) is 0 Å². The van der Waals surface area contributed by atoms with Crippen LogP contribution in [0.2, 0.25) is 0 Å². The molecule has 0 spiro atoms. The first kappa shape index (κ1) is 13.1. The molecule has 19 heavy (non-hydrogen) atoms. The Morgan fingerprint density at radius 3 is 2.42 bits per heavy atom. The van der Waals surface area contributed by atoms with Crippen LogP contribution in [0.1, 0.15) is 28.3 Å². The Bertz CT molecular complexity index is 680. The Balaban J connectivity index is 2.52. The minimum absolute atomic E-state index is 0.466. The van der Waals surface area contributed by atoms with Crippen molar-refractivity contribution in [3.8, 4) is 17.6 Å². The van der Waals surface area contributed by atoms with Crippen molar-refractivity contribution >= 4 is 0 Å². The molecule has 2 aromatic heterocycles. The first-order valence-electron chi connectivity index (χ1n) is 6.00. The lowest BCUT2D eigenvalue weighted by molar-refractivity contribution is 0.470. The molecule has 0 amide bonds. The minimum Gasteiger partial charge on any atom is -0.452 e. The van der Waals surface area contributed by atoms with Gasteiger partial charge in [-0.15, -0.1) is 0 Å². The predicted octanol–water partition coefficient (Wildman–Crippen LogP) is 2.71. The van der Waals surface area contributed by atoms with Crippen LogP contribution in [0.5, 0.6) is 11.5 Å². The van der Waals surface area contributed by atoms with Crippen molar-refractivity contribution < 1.29 is 4.74 Å². The number of hydrogen-bond donors (Lipinski definition) is 0. The van der Waals surface area contributed by atoms with Crippen molar-refractivity contribution in [3.05, 3.63) is 34.4 Å². The maximum Gasteiger partial charge on any atom is 0.171 e. The van der Waals surface area contributed by atoms with Crippen LogP contribution in [0.3, 0.4) is 0 Å². The van der Waals surface area contributed by atoms with Gasteiger partial charge in [0.15, 0.2) is 5.75 Å². The lowest BCUT2D eigenvalue weighted by Crippen LogP contribution is -1.98. The normalized spacial score (nSPS) is 10.3. The molecular weight excluding hydrogens is 240 g/mol. The summed E-state index contributed by atoms with van der Waals surface area (Å²) >= 11 is 0. The number of ether oxygens (including phenoxy) is 1. The SMILES string of the molecule is Cc1cc(Oc2c(C)nn(C)c2C)c(C#N)c(C)n1. The highest BCUT2D eigenvalue weighted by molar-refractivity contribution is 5.49. The molecule has 0 N–H and O–H groups in total. The Morgan fingerprint density at radius 1 is 1.21 bits per heavy atom. The van der Waals surface area contributed by atoms with Crippen LogP contribution in [0.15, 0.2) is 6.07 Å². The highest BCUT2D eigenvalue weighted by atomic mass is 16.5. The van der Waals surface area contributed by atoms with Gasteiger partial charge < -0.3 is 4.74 Å². The molecule has 2 aromatic rings. The predicted molar refractivity (Wildman–Crippen MR) is 71.2 cm³/mol. The van der Waals surface area contributed by atoms with Crippen LogP contribution in [0, 0.1) is 39.0 Å². The maximum atomic E-state index is 9.22. The molecule has 2 heterocycles. The minimum atomic E-state index is 0.466. The highest BCUT2D eigenvalue weighted by Gasteiger charge is 2.16. The summed E-state index contributed by atoms with van der Waals surface area (Å²) < 4.78 is 7.66. The van der Waals surface area contributed by atoms with Crippen LogP contribution in [0.4, 0.5) is 0 Å². The smallest absolute Gasteiger partial charge is 0.171 e. The van der Waals surface area contributed by atoms with E-state index in [0.717, 1.165) is 17.1 Å². The number of aryl methyl sites for hydroxylation is 4. The third-order valence-corrected chi connectivity index (χ3v) is 3.06. The highest BCUT2D eigenvalue weighted by Crippen LogP contribution is 2.31. The average molecular weight is 256 g/mol. The summed E-state index contributed by atoms with van der Waals surface area (Å²) in [6, 6.07) is 3.92. The van der Waals surface area contributed by atoms with Gasteiger partial charge in [0.2, 0.25) is 0 Å². The lowest BCUT2D eigenvalue weighted by atomic mass is 10.2. The number of rotatable bonds is 2. The number of nitrogens with zero attached hydrogens (tertiary/aromatic N) is 4. The first-order valence-corrected chi connectivity index (χ1v) is 6.00. The van der Waals surface area contributed by atoms with Gasteiger partial charge in [-0.05, 0) is 27.7 Å². The largest absolute Gasteiger partial charge is 0.452 e. The van der Waals surface area contributed by atoms with E-state index in [4.69, 9.17) is 4.74 Å². The summed E-state index contributed by atoms with van der Waals surface area (Å²) in [5.41, 5.74) is 3.69. The van der Waals surface area contributed by atoms with Gasteiger partial charge in [0, 0.05) is 18.8 Å². The molecule has 98 valence electrons. The zero-order chi connectivity index (χ0) is 14.2. The summed E-state index contributed by atoms with van der Waals surface area (Å²) in [7, 11) is 1.86. The molecule has 0 atom stereocenters.